The average molecular weight is 246 g/mol. The van der Waals surface area contributed by atoms with Crippen molar-refractivity contribution in [2.24, 2.45) is 0 Å². The lowest BCUT2D eigenvalue weighted by Crippen LogP contribution is -2.24. The molecular formula is C13H18N4O. The number of nitrogens with one attached hydrogen (secondary N) is 1. The molecule has 2 heterocycles. The highest BCUT2D eigenvalue weighted by Crippen LogP contribution is 2.18. The lowest BCUT2D eigenvalue weighted by atomic mass is 10.1. The number of hydrogen-bond acceptors (Lipinski definition) is 5. The Hall–Kier alpha value is -1.75. The quantitative estimate of drug-likeness (QED) is 0.877. The lowest BCUT2D eigenvalue weighted by molar-refractivity contribution is 0.358. The van der Waals surface area contributed by atoms with Crippen molar-refractivity contribution in [3.63, 3.8) is 0 Å². The molecule has 1 N–H and O–H groups in total. The van der Waals surface area contributed by atoms with Gasteiger partial charge in [0.15, 0.2) is 0 Å². The van der Waals surface area contributed by atoms with Crippen molar-refractivity contribution in [1.82, 2.24) is 20.4 Å². The second-order valence-corrected chi connectivity index (χ2v) is 4.39. The maximum atomic E-state index is 5.22. The Balaban J connectivity index is 2.09. The van der Waals surface area contributed by atoms with Crippen LogP contribution < -0.4 is 5.32 Å². The van der Waals surface area contributed by atoms with Gasteiger partial charge in [0.2, 0.25) is 11.7 Å². The van der Waals surface area contributed by atoms with Crippen LogP contribution in [0.15, 0.2) is 23.0 Å². The molecule has 0 radical (unpaired) electrons. The number of aromatic nitrogens is 3. The predicted octanol–water partition coefficient (Wildman–Crippen LogP) is 2.33. The summed E-state index contributed by atoms with van der Waals surface area (Å²) in [4.78, 5) is 8.45. The van der Waals surface area contributed by atoms with Crippen molar-refractivity contribution >= 4 is 0 Å². The van der Waals surface area contributed by atoms with Gasteiger partial charge in [0, 0.05) is 24.0 Å². The molecule has 18 heavy (non-hydrogen) atoms. The van der Waals surface area contributed by atoms with Crippen molar-refractivity contribution in [1.29, 1.82) is 0 Å². The number of pyridine rings is 1. The summed E-state index contributed by atoms with van der Waals surface area (Å²) in [6, 6.07) is 2.38. The van der Waals surface area contributed by atoms with E-state index >= 15 is 0 Å². The van der Waals surface area contributed by atoms with Gasteiger partial charge in [-0.05, 0) is 31.9 Å². The van der Waals surface area contributed by atoms with Gasteiger partial charge in [0.1, 0.15) is 0 Å². The smallest absolute Gasteiger partial charge is 0.240 e. The lowest BCUT2D eigenvalue weighted by Gasteiger charge is -2.07. The van der Waals surface area contributed by atoms with E-state index in [4.69, 9.17) is 4.52 Å². The summed E-state index contributed by atoms with van der Waals surface area (Å²) in [6.07, 6.45) is 4.58. The van der Waals surface area contributed by atoms with E-state index in [1.165, 1.54) is 0 Å². The second-order valence-electron chi connectivity index (χ2n) is 4.39. The molecule has 0 bridgehead atoms. The van der Waals surface area contributed by atoms with E-state index < -0.39 is 0 Å². The minimum Gasteiger partial charge on any atom is -0.338 e. The first-order valence-corrected chi connectivity index (χ1v) is 6.17. The summed E-state index contributed by atoms with van der Waals surface area (Å²) in [5.74, 6) is 1.20. The Morgan fingerprint density at radius 1 is 1.44 bits per heavy atom. The fraction of sp³-hybridized carbons (Fsp3) is 0.462. The SMILES string of the molecule is CCC(C)NCc1nc(-c2cnccc2C)no1. The van der Waals surface area contributed by atoms with Gasteiger partial charge in [0.05, 0.1) is 6.54 Å². The van der Waals surface area contributed by atoms with Crippen molar-refractivity contribution in [2.45, 2.75) is 39.8 Å². The highest BCUT2D eigenvalue weighted by atomic mass is 16.5. The van der Waals surface area contributed by atoms with Crippen molar-refractivity contribution in [2.75, 3.05) is 0 Å². The first-order chi connectivity index (χ1) is 8.70. The van der Waals surface area contributed by atoms with E-state index in [9.17, 15) is 0 Å². The molecule has 0 aliphatic heterocycles. The largest absolute Gasteiger partial charge is 0.338 e. The van der Waals surface area contributed by atoms with Crippen LogP contribution in [0.2, 0.25) is 0 Å². The molecule has 0 spiro atoms. The molecule has 0 saturated carbocycles. The topological polar surface area (TPSA) is 63.8 Å². The number of rotatable bonds is 5. The van der Waals surface area contributed by atoms with E-state index in [-0.39, 0.29) is 0 Å². The fourth-order valence-electron chi connectivity index (χ4n) is 1.54. The van der Waals surface area contributed by atoms with Crippen LogP contribution in [0.25, 0.3) is 11.4 Å². The van der Waals surface area contributed by atoms with Gasteiger partial charge in [0.25, 0.3) is 0 Å². The number of nitrogens with zero attached hydrogens (tertiary/aromatic N) is 3. The minimum absolute atomic E-state index is 0.445. The first-order valence-electron chi connectivity index (χ1n) is 6.17. The van der Waals surface area contributed by atoms with Crippen molar-refractivity contribution in [3.05, 3.63) is 29.9 Å². The Labute approximate surface area is 107 Å². The molecule has 5 heteroatoms. The fourth-order valence-corrected chi connectivity index (χ4v) is 1.54. The van der Waals surface area contributed by atoms with Crippen LogP contribution in [0.4, 0.5) is 0 Å². The summed E-state index contributed by atoms with van der Waals surface area (Å²) in [7, 11) is 0. The van der Waals surface area contributed by atoms with Gasteiger partial charge in [-0.3, -0.25) is 4.98 Å². The molecule has 5 nitrogen and oxygen atoms in total. The van der Waals surface area contributed by atoms with E-state index in [2.05, 4.69) is 34.3 Å². The summed E-state index contributed by atoms with van der Waals surface area (Å²) < 4.78 is 5.22. The average Bonchev–Trinajstić information content (AvgIpc) is 2.85. The van der Waals surface area contributed by atoms with Gasteiger partial charge in [-0.25, -0.2) is 0 Å². The van der Waals surface area contributed by atoms with E-state index in [0.717, 1.165) is 17.5 Å². The Bertz CT molecular complexity index is 509. The molecule has 96 valence electrons. The summed E-state index contributed by atoms with van der Waals surface area (Å²) in [6.45, 7) is 6.87. The van der Waals surface area contributed by atoms with Crippen LogP contribution in [-0.2, 0) is 6.54 Å². The van der Waals surface area contributed by atoms with Crippen LogP contribution >= 0.6 is 0 Å². The maximum absolute atomic E-state index is 5.22. The summed E-state index contributed by atoms with van der Waals surface area (Å²) >= 11 is 0. The molecule has 0 saturated heterocycles. The first kappa shape index (κ1) is 12.7. The van der Waals surface area contributed by atoms with Crippen molar-refractivity contribution < 1.29 is 4.52 Å². The zero-order valence-corrected chi connectivity index (χ0v) is 11.0. The molecule has 0 aliphatic rings. The molecule has 0 aliphatic carbocycles. The molecular weight excluding hydrogens is 228 g/mol. The molecule has 0 fully saturated rings. The third-order valence-corrected chi connectivity index (χ3v) is 2.96. The van der Waals surface area contributed by atoms with Crippen LogP contribution in [0.5, 0.6) is 0 Å². The van der Waals surface area contributed by atoms with Gasteiger partial charge in [-0.1, -0.05) is 12.1 Å². The predicted molar refractivity (Wildman–Crippen MR) is 68.9 cm³/mol. The highest BCUT2D eigenvalue weighted by molar-refractivity contribution is 5.57. The molecule has 0 amide bonds. The third-order valence-electron chi connectivity index (χ3n) is 2.96. The van der Waals surface area contributed by atoms with E-state index in [0.29, 0.717) is 24.3 Å². The van der Waals surface area contributed by atoms with Gasteiger partial charge in [-0.2, -0.15) is 4.98 Å². The van der Waals surface area contributed by atoms with E-state index in [1.54, 1.807) is 12.4 Å². The Kier molecular flexibility index (Phi) is 4.04. The van der Waals surface area contributed by atoms with Crippen LogP contribution in [0.1, 0.15) is 31.7 Å². The Morgan fingerprint density at radius 2 is 2.28 bits per heavy atom. The molecule has 0 aromatic carbocycles. The zero-order chi connectivity index (χ0) is 13.0. The molecule has 2 aromatic heterocycles. The molecule has 2 aromatic rings. The van der Waals surface area contributed by atoms with Gasteiger partial charge in [-0.15, -0.1) is 0 Å². The van der Waals surface area contributed by atoms with Crippen LogP contribution in [-0.4, -0.2) is 21.2 Å². The molecule has 1 atom stereocenters. The van der Waals surface area contributed by atoms with Crippen molar-refractivity contribution in [3.8, 4) is 11.4 Å². The summed E-state index contributed by atoms with van der Waals surface area (Å²) in [5.41, 5.74) is 2.00. The van der Waals surface area contributed by atoms with Crippen LogP contribution in [0.3, 0.4) is 0 Å². The second kappa shape index (κ2) is 5.73. The number of hydrogen-bond donors (Lipinski definition) is 1. The van der Waals surface area contributed by atoms with Gasteiger partial charge >= 0.3 is 0 Å². The maximum Gasteiger partial charge on any atom is 0.240 e. The van der Waals surface area contributed by atoms with E-state index in [1.807, 2.05) is 13.0 Å². The molecule has 1 unspecified atom stereocenters. The normalized spacial score (nSPS) is 12.6. The standard InChI is InChI=1S/C13H18N4O/c1-4-10(3)15-8-12-16-13(17-18-12)11-7-14-6-5-9(11)2/h5-7,10,15H,4,8H2,1-3H3. The molecule has 2 rings (SSSR count). The number of aryl methyl sites for hydroxylation is 1. The van der Waals surface area contributed by atoms with Crippen LogP contribution in [0, 0.1) is 6.92 Å². The Morgan fingerprint density at radius 3 is 3.00 bits per heavy atom. The van der Waals surface area contributed by atoms with Gasteiger partial charge < -0.3 is 9.84 Å². The highest BCUT2D eigenvalue weighted by Gasteiger charge is 2.11. The summed E-state index contributed by atoms with van der Waals surface area (Å²) in [5, 5.41) is 7.30. The third kappa shape index (κ3) is 2.92. The monoisotopic (exact) mass is 246 g/mol. The zero-order valence-electron chi connectivity index (χ0n) is 11.0. The minimum atomic E-state index is 0.445.